The van der Waals surface area contributed by atoms with Gasteiger partial charge in [-0.05, 0) is 24.3 Å². The van der Waals surface area contributed by atoms with E-state index in [0.29, 0.717) is 17.2 Å². The fourth-order valence-electron chi connectivity index (χ4n) is 3.47. The first kappa shape index (κ1) is 23.7. The number of hydrogen-bond donors (Lipinski definition) is 3. The topological polar surface area (TPSA) is 111 Å². The molecule has 0 aliphatic heterocycles. The lowest BCUT2D eigenvalue weighted by Gasteiger charge is -2.15. The lowest BCUT2D eigenvalue weighted by atomic mass is 10.1. The van der Waals surface area contributed by atoms with Crippen LogP contribution in [0.15, 0.2) is 48.3 Å². The molecule has 3 rings (SSSR count). The molecule has 0 aliphatic rings. The number of amides is 2. The number of aromatic nitrogens is 1. The predicted molar refractivity (Wildman–Crippen MR) is 125 cm³/mol. The average molecular weight is 453 g/mol. The molecule has 2 aromatic carbocycles. The summed E-state index contributed by atoms with van der Waals surface area (Å²) in [5, 5.41) is 15.3. The van der Waals surface area contributed by atoms with Gasteiger partial charge in [-0.15, -0.1) is 0 Å². The largest absolute Gasteiger partial charge is 0.493 e. The molecular weight excluding hydrogens is 426 g/mol. The molecule has 0 saturated carbocycles. The molecule has 9 heteroatoms. The first-order chi connectivity index (χ1) is 15.9. The van der Waals surface area contributed by atoms with Crippen LogP contribution in [0.3, 0.4) is 0 Å². The number of aliphatic hydroxyl groups excluding tert-OH is 1. The Morgan fingerprint density at radius 3 is 2.33 bits per heavy atom. The minimum atomic E-state index is -0.542. The maximum atomic E-state index is 13.1. The van der Waals surface area contributed by atoms with Gasteiger partial charge >= 0.3 is 0 Å². The second-order valence-corrected chi connectivity index (χ2v) is 7.12. The van der Waals surface area contributed by atoms with Gasteiger partial charge in [0.2, 0.25) is 5.75 Å². The van der Waals surface area contributed by atoms with Gasteiger partial charge in [-0.1, -0.05) is 18.2 Å². The summed E-state index contributed by atoms with van der Waals surface area (Å²) in [7, 11) is 6.27. The van der Waals surface area contributed by atoms with Gasteiger partial charge in [0.1, 0.15) is 5.70 Å². The van der Waals surface area contributed by atoms with E-state index in [0.717, 1.165) is 16.5 Å². The van der Waals surface area contributed by atoms with E-state index < -0.39 is 11.8 Å². The van der Waals surface area contributed by atoms with Crippen LogP contribution in [0.1, 0.15) is 15.9 Å². The van der Waals surface area contributed by atoms with Crippen molar-refractivity contribution in [3.63, 3.8) is 0 Å². The highest BCUT2D eigenvalue weighted by molar-refractivity contribution is 6.07. The second-order valence-electron chi connectivity index (χ2n) is 7.12. The predicted octanol–water partition coefficient (Wildman–Crippen LogP) is 2.08. The van der Waals surface area contributed by atoms with E-state index in [1.165, 1.54) is 33.5 Å². The molecule has 0 unspecified atom stereocenters. The minimum Gasteiger partial charge on any atom is -0.493 e. The Hall–Kier alpha value is -3.98. The number of hydrogen-bond acceptors (Lipinski definition) is 6. The number of ether oxygens (including phenoxy) is 3. The molecule has 1 aromatic heterocycles. The number of para-hydroxylation sites is 1. The molecule has 1 heterocycles. The maximum Gasteiger partial charge on any atom is 0.267 e. The highest BCUT2D eigenvalue weighted by Crippen LogP contribution is 2.38. The zero-order valence-corrected chi connectivity index (χ0v) is 19.0. The van der Waals surface area contributed by atoms with Crippen LogP contribution in [-0.4, -0.2) is 56.0 Å². The van der Waals surface area contributed by atoms with Crippen LogP contribution in [0.5, 0.6) is 17.2 Å². The van der Waals surface area contributed by atoms with E-state index in [-0.39, 0.29) is 24.4 Å². The van der Waals surface area contributed by atoms with Crippen molar-refractivity contribution >= 4 is 28.8 Å². The fraction of sp³-hybridized carbons (Fsp3) is 0.250. The number of aliphatic hydroxyl groups is 1. The summed E-state index contributed by atoms with van der Waals surface area (Å²) in [4.78, 5) is 25.9. The van der Waals surface area contributed by atoms with Crippen molar-refractivity contribution in [1.82, 2.24) is 15.2 Å². The van der Waals surface area contributed by atoms with Gasteiger partial charge < -0.3 is 34.5 Å². The van der Waals surface area contributed by atoms with Crippen molar-refractivity contribution in [3.05, 3.63) is 59.4 Å². The zero-order chi connectivity index (χ0) is 24.0. The third-order valence-corrected chi connectivity index (χ3v) is 5.04. The Labute approximate surface area is 191 Å². The van der Waals surface area contributed by atoms with Gasteiger partial charge in [0.05, 0.1) is 27.9 Å². The van der Waals surface area contributed by atoms with Gasteiger partial charge in [-0.25, -0.2) is 0 Å². The molecule has 0 saturated heterocycles. The van der Waals surface area contributed by atoms with E-state index in [9.17, 15) is 9.59 Å². The smallest absolute Gasteiger partial charge is 0.267 e. The first-order valence-electron chi connectivity index (χ1n) is 10.2. The molecule has 0 aliphatic carbocycles. The van der Waals surface area contributed by atoms with Crippen molar-refractivity contribution < 1.29 is 28.9 Å². The van der Waals surface area contributed by atoms with Crippen LogP contribution < -0.4 is 24.8 Å². The Morgan fingerprint density at radius 2 is 1.73 bits per heavy atom. The maximum absolute atomic E-state index is 13.1. The molecule has 3 N–H and O–H groups in total. The van der Waals surface area contributed by atoms with Crippen molar-refractivity contribution in [2.45, 2.75) is 0 Å². The number of nitrogens with zero attached hydrogens (tertiary/aromatic N) is 1. The Morgan fingerprint density at radius 1 is 1.06 bits per heavy atom. The van der Waals surface area contributed by atoms with Crippen LogP contribution in [0.4, 0.5) is 0 Å². The number of fused-ring (bicyclic) bond motifs is 1. The number of rotatable bonds is 9. The normalized spacial score (nSPS) is 11.2. The van der Waals surface area contributed by atoms with Crippen molar-refractivity contribution in [1.29, 1.82) is 0 Å². The minimum absolute atomic E-state index is 0.0264. The van der Waals surface area contributed by atoms with E-state index in [4.69, 9.17) is 19.3 Å². The number of carbonyl (C=O) groups excluding carboxylic acids is 2. The summed E-state index contributed by atoms with van der Waals surface area (Å²) in [6, 6.07) is 10.7. The molecule has 0 radical (unpaired) electrons. The van der Waals surface area contributed by atoms with Gasteiger partial charge in [0, 0.05) is 41.8 Å². The molecule has 174 valence electrons. The summed E-state index contributed by atoms with van der Waals surface area (Å²) in [5.74, 6) is -0.0981. The second kappa shape index (κ2) is 10.6. The monoisotopic (exact) mass is 453 g/mol. The van der Waals surface area contributed by atoms with Crippen molar-refractivity contribution in [2.24, 2.45) is 7.05 Å². The third-order valence-electron chi connectivity index (χ3n) is 5.04. The highest BCUT2D eigenvalue weighted by atomic mass is 16.5. The number of aryl methyl sites for hydroxylation is 1. The first-order valence-corrected chi connectivity index (χ1v) is 10.2. The Kier molecular flexibility index (Phi) is 7.57. The van der Waals surface area contributed by atoms with Crippen LogP contribution >= 0.6 is 0 Å². The molecule has 0 fully saturated rings. The average Bonchev–Trinajstić information content (AvgIpc) is 3.16. The lowest BCUT2D eigenvalue weighted by Crippen LogP contribution is -2.36. The van der Waals surface area contributed by atoms with Crippen molar-refractivity contribution in [2.75, 3.05) is 34.5 Å². The molecule has 0 bridgehead atoms. The number of methoxy groups -OCH3 is 3. The van der Waals surface area contributed by atoms with Crippen LogP contribution in [0, 0.1) is 0 Å². The van der Waals surface area contributed by atoms with E-state index in [1.54, 1.807) is 6.08 Å². The number of nitrogens with one attached hydrogen (secondary N) is 2. The summed E-state index contributed by atoms with van der Waals surface area (Å²) in [5.41, 5.74) is 1.98. The van der Waals surface area contributed by atoms with Crippen molar-refractivity contribution in [3.8, 4) is 17.2 Å². The van der Waals surface area contributed by atoms with E-state index in [1.807, 2.05) is 42.1 Å². The van der Waals surface area contributed by atoms with Crippen LogP contribution in [0.2, 0.25) is 0 Å². The van der Waals surface area contributed by atoms with E-state index >= 15 is 0 Å². The standard InChI is InChI=1S/C24H27N3O6/c1-27-14-16(17-7-5-6-8-19(17)27)11-18(24(30)25-9-10-28)26-23(29)15-12-20(31-2)22(33-4)21(13-15)32-3/h5-8,11-14,28H,9-10H2,1-4H3,(H,25,30)(H,26,29)/b18-11-. The molecule has 2 amide bonds. The summed E-state index contributed by atoms with van der Waals surface area (Å²) >= 11 is 0. The van der Waals surface area contributed by atoms with Gasteiger partial charge in [0.15, 0.2) is 11.5 Å². The molecular formula is C24H27N3O6. The van der Waals surface area contributed by atoms with Gasteiger partial charge in [-0.3, -0.25) is 9.59 Å². The molecule has 33 heavy (non-hydrogen) atoms. The summed E-state index contributed by atoms with van der Waals surface area (Å²) in [6.45, 7) is -0.181. The Bertz CT molecular complexity index is 1170. The zero-order valence-electron chi connectivity index (χ0n) is 19.0. The fourth-order valence-corrected chi connectivity index (χ4v) is 3.47. The van der Waals surface area contributed by atoms with Gasteiger partial charge in [0.25, 0.3) is 11.8 Å². The lowest BCUT2D eigenvalue weighted by molar-refractivity contribution is -0.117. The molecule has 3 aromatic rings. The molecule has 0 spiro atoms. The SMILES string of the molecule is COc1cc(C(=O)N/C(=C\c2cn(C)c3ccccc23)C(=O)NCCO)cc(OC)c1OC. The highest BCUT2D eigenvalue weighted by Gasteiger charge is 2.20. The Balaban J connectivity index is 2.01. The quantitative estimate of drug-likeness (QED) is 0.428. The van der Waals surface area contributed by atoms with Crippen LogP contribution in [-0.2, 0) is 11.8 Å². The van der Waals surface area contributed by atoms with Crippen LogP contribution in [0.25, 0.3) is 17.0 Å². The van der Waals surface area contributed by atoms with Gasteiger partial charge in [-0.2, -0.15) is 0 Å². The number of carbonyl (C=O) groups is 2. The molecule has 9 nitrogen and oxygen atoms in total. The number of benzene rings is 2. The summed E-state index contributed by atoms with van der Waals surface area (Å²) in [6.07, 6.45) is 3.47. The summed E-state index contributed by atoms with van der Waals surface area (Å²) < 4.78 is 17.9. The third kappa shape index (κ3) is 5.09. The van der Waals surface area contributed by atoms with E-state index in [2.05, 4.69) is 10.6 Å². The molecule has 0 atom stereocenters.